The molecular formula is C18H27N. The molecule has 1 heteroatoms. The molecule has 104 valence electrons. The molecule has 3 rings (SSSR count). The van der Waals surface area contributed by atoms with Crippen molar-refractivity contribution in [2.24, 2.45) is 17.3 Å². The van der Waals surface area contributed by atoms with Crippen LogP contribution < -0.4 is 5.32 Å². The topological polar surface area (TPSA) is 12.0 Å². The summed E-state index contributed by atoms with van der Waals surface area (Å²) in [4.78, 5) is 0. The summed E-state index contributed by atoms with van der Waals surface area (Å²) in [7, 11) is 0. The highest BCUT2D eigenvalue weighted by atomic mass is 14.9. The van der Waals surface area contributed by atoms with Crippen LogP contribution in [0.4, 0.5) is 0 Å². The number of fused-ring (bicyclic) bond motifs is 1. The van der Waals surface area contributed by atoms with Gasteiger partial charge in [0, 0.05) is 12.6 Å². The van der Waals surface area contributed by atoms with Crippen LogP contribution in [-0.2, 0) is 6.42 Å². The van der Waals surface area contributed by atoms with E-state index in [0.29, 0.717) is 11.5 Å². The van der Waals surface area contributed by atoms with Crippen LogP contribution >= 0.6 is 0 Å². The van der Waals surface area contributed by atoms with Crippen molar-refractivity contribution in [3.63, 3.8) is 0 Å². The predicted octanol–water partition coefficient (Wildman–Crippen LogP) is 3.95. The molecule has 0 aromatic heterocycles. The van der Waals surface area contributed by atoms with Crippen LogP contribution in [0.3, 0.4) is 0 Å². The Morgan fingerprint density at radius 3 is 2.37 bits per heavy atom. The molecule has 0 spiro atoms. The SMILES string of the molecule is Cc1ccc(CC2(CNC(C)C)CC3CC3C2)cc1. The normalized spacial score (nSPS) is 32.6. The zero-order valence-corrected chi connectivity index (χ0v) is 12.6. The Labute approximate surface area is 117 Å². The Morgan fingerprint density at radius 1 is 1.16 bits per heavy atom. The lowest BCUT2D eigenvalue weighted by atomic mass is 9.77. The third-order valence-electron chi connectivity index (χ3n) is 5.04. The molecule has 0 aliphatic heterocycles. The second-order valence-electron chi connectivity index (χ2n) is 7.36. The van der Waals surface area contributed by atoms with Gasteiger partial charge in [0.1, 0.15) is 0 Å². The van der Waals surface area contributed by atoms with Gasteiger partial charge in [-0.1, -0.05) is 43.7 Å². The Balaban J connectivity index is 1.70. The maximum atomic E-state index is 3.70. The monoisotopic (exact) mass is 257 g/mol. The molecule has 1 aromatic rings. The zero-order valence-electron chi connectivity index (χ0n) is 12.6. The number of hydrogen-bond donors (Lipinski definition) is 1. The lowest BCUT2D eigenvalue weighted by Crippen LogP contribution is -2.38. The van der Waals surface area contributed by atoms with E-state index >= 15 is 0 Å². The van der Waals surface area contributed by atoms with E-state index in [1.165, 1.54) is 43.4 Å². The molecule has 2 atom stereocenters. The van der Waals surface area contributed by atoms with Crippen molar-refractivity contribution in [3.05, 3.63) is 35.4 Å². The maximum absolute atomic E-state index is 3.70. The molecule has 2 aliphatic carbocycles. The average Bonchev–Trinajstić information content (AvgIpc) is 2.99. The summed E-state index contributed by atoms with van der Waals surface area (Å²) in [5.41, 5.74) is 3.43. The fourth-order valence-electron chi connectivity index (χ4n) is 3.92. The highest BCUT2D eigenvalue weighted by molar-refractivity contribution is 5.23. The Hall–Kier alpha value is -0.820. The van der Waals surface area contributed by atoms with Gasteiger partial charge in [0.05, 0.1) is 0 Å². The summed E-state index contributed by atoms with van der Waals surface area (Å²) < 4.78 is 0. The fourth-order valence-corrected chi connectivity index (χ4v) is 3.92. The quantitative estimate of drug-likeness (QED) is 0.842. The zero-order chi connectivity index (χ0) is 13.5. The smallest absolute Gasteiger partial charge is 0.00136 e. The van der Waals surface area contributed by atoms with Gasteiger partial charge in [-0.25, -0.2) is 0 Å². The molecule has 1 N–H and O–H groups in total. The summed E-state index contributed by atoms with van der Waals surface area (Å²) in [6.07, 6.45) is 5.67. The lowest BCUT2D eigenvalue weighted by Gasteiger charge is -2.32. The summed E-state index contributed by atoms with van der Waals surface area (Å²) in [5.74, 6) is 2.11. The molecule has 2 unspecified atom stereocenters. The molecule has 1 nitrogen and oxygen atoms in total. The van der Waals surface area contributed by atoms with E-state index in [0.717, 1.165) is 11.8 Å². The van der Waals surface area contributed by atoms with Gasteiger partial charge in [-0.05, 0) is 55.4 Å². The van der Waals surface area contributed by atoms with E-state index in [9.17, 15) is 0 Å². The predicted molar refractivity (Wildman–Crippen MR) is 81.3 cm³/mol. The number of benzene rings is 1. The highest BCUT2D eigenvalue weighted by Crippen LogP contribution is 2.60. The molecule has 0 saturated heterocycles. The van der Waals surface area contributed by atoms with E-state index in [1.54, 1.807) is 0 Å². The number of aryl methyl sites for hydroxylation is 1. The second-order valence-corrected chi connectivity index (χ2v) is 7.36. The maximum Gasteiger partial charge on any atom is 0.00136 e. The molecule has 19 heavy (non-hydrogen) atoms. The number of nitrogens with one attached hydrogen (secondary N) is 1. The van der Waals surface area contributed by atoms with Crippen LogP contribution in [0, 0.1) is 24.2 Å². The number of hydrogen-bond acceptors (Lipinski definition) is 1. The van der Waals surface area contributed by atoms with Gasteiger partial charge in [0.25, 0.3) is 0 Å². The number of rotatable bonds is 5. The van der Waals surface area contributed by atoms with Crippen molar-refractivity contribution < 1.29 is 0 Å². The average molecular weight is 257 g/mol. The van der Waals surface area contributed by atoms with Crippen LogP contribution in [0.15, 0.2) is 24.3 Å². The molecule has 2 fully saturated rings. The fraction of sp³-hybridized carbons (Fsp3) is 0.667. The second kappa shape index (κ2) is 4.94. The van der Waals surface area contributed by atoms with Gasteiger partial charge in [-0.3, -0.25) is 0 Å². The third-order valence-corrected chi connectivity index (χ3v) is 5.04. The molecule has 2 aliphatic rings. The van der Waals surface area contributed by atoms with E-state index < -0.39 is 0 Å². The summed E-state index contributed by atoms with van der Waals surface area (Å²) in [5, 5.41) is 3.70. The lowest BCUT2D eigenvalue weighted by molar-refractivity contribution is 0.241. The van der Waals surface area contributed by atoms with E-state index in [-0.39, 0.29) is 0 Å². The van der Waals surface area contributed by atoms with Crippen molar-refractivity contribution in [1.82, 2.24) is 5.32 Å². The van der Waals surface area contributed by atoms with Crippen LogP contribution in [0.25, 0.3) is 0 Å². The standard InChI is InChI=1S/C18H27N/c1-13(2)19-12-18(10-16-8-17(16)11-18)9-15-6-4-14(3)5-7-15/h4-7,13,16-17,19H,8-12H2,1-3H3. The van der Waals surface area contributed by atoms with Crippen molar-refractivity contribution in [1.29, 1.82) is 0 Å². The van der Waals surface area contributed by atoms with Crippen LogP contribution in [0.5, 0.6) is 0 Å². The minimum atomic E-state index is 0.535. The Bertz CT molecular complexity index is 422. The van der Waals surface area contributed by atoms with Crippen LogP contribution in [0.1, 0.15) is 44.2 Å². The minimum Gasteiger partial charge on any atom is -0.314 e. The van der Waals surface area contributed by atoms with E-state index in [1.807, 2.05) is 0 Å². The van der Waals surface area contributed by atoms with Crippen molar-refractivity contribution in [2.45, 2.75) is 52.5 Å². The molecule has 2 saturated carbocycles. The van der Waals surface area contributed by atoms with Crippen molar-refractivity contribution >= 4 is 0 Å². The highest BCUT2D eigenvalue weighted by Gasteiger charge is 2.53. The van der Waals surface area contributed by atoms with Crippen molar-refractivity contribution in [2.75, 3.05) is 6.54 Å². The molecular weight excluding hydrogens is 230 g/mol. The Morgan fingerprint density at radius 2 is 1.79 bits per heavy atom. The van der Waals surface area contributed by atoms with Crippen LogP contribution in [0.2, 0.25) is 0 Å². The largest absolute Gasteiger partial charge is 0.314 e. The summed E-state index contributed by atoms with van der Waals surface area (Å²) in [6.45, 7) is 7.89. The van der Waals surface area contributed by atoms with Crippen molar-refractivity contribution in [3.8, 4) is 0 Å². The van der Waals surface area contributed by atoms with Gasteiger partial charge >= 0.3 is 0 Å². The molecule has 0 heterocycles. The minimum absolute atomic E-state index is 0.535. The summed E-state index contributed by atoms with van der Waals surface area (Å²) in [6, 6.07) is 9.78. The van der Waals surface area contributed by atoms with Gasteiger partial charge < -0.3 is 5.32 Å². The third kappa shape index (κ3) is 3.02. The van der Waals surface area contributed by atoms with Gasteiger partial charge in [0.15, 0.2) is 0 Å². The molecule has 0 amide bonds. The van der Waals surface area contributed by atoms with Gasteiger partial charge in [-0.15, -0.1) is 0 Å². The van der Waals surface area contributed by atoms with E-state index in [4.69, 9.17) is 0 Å². The first-order valence-corrected chi connectivity index (χ1v) is 7.85. The van der Waals surface area contributed by atoms with Crippen LogP contribution in [-0.4, -0.2) is 12.6 Å². The summed E-state index contributed by atoms with van der Waals surface area (Å²) >= 11 is 0. The first kappa shape index (κ1) is 13.2. The van der Waals surface area contributed by atoms with Gasteiger partial charge in [-0.2, -0.15) is 0 Å². The van der Waals surface area contributed by atoms with E-state index in [2.05, 4.69) is 50.4 Å². The molecule has 0 radical (unpaired) electrons. The molecule has 0 bridgehead atoms. The first-order valence-electron chi connectivity index (χ1n) is 7.85. The molecule has 1 aromatic carbocycles. The Kier molecular flexibility index (Phi) is 3.42. The van der Waals surface area contributed by atoms with Gasteiger partial charge in [0.2, 0.25) is 0 Å². The first-order chi connectivity index (χ1) is 9.06.